The Balaban J connectivity index is 0. The first-order valence-corrected chi connectivity index (χ1v) is 5.53. The number of aryl methyl sites for hydroxylation is 4. The van der Waals surface area contributed by atoms with Crippen molar-refractivity contribution in [2.75, 3.05) is 0 Å². The van der Waals surface area contributed by atoms with Crippen LogP contribution in [0.1, 0.15) is 22.5 Å². The van der Waals surface area contributed by atoms with Crippen LogP contribution in [-0.2, 0) is 30.7 Å². The number of carbonyl (C=O) groups excluding carboxylic acids is 2. The van der Waals surface area contributed by atoms with Gasteiger partial charge in [-0.05, 0) is 5.76 Å². The molecule has 0 aliphatic carbocycles. The standard InChI is InChI=1S/C14H14O.2CHO.Pt/c1-9-5-6-13(7-10(9)2)14-8-11(3)12(4)15-14;2*1-2;/h5,7H,1-4H3;2*1H;/q-2;2*-1;+4. The molecule has 0 aliphatic rings. The van der Waals surface area contributed by atoms with E-state index in [0.717, 1.165) is 22.6 Å². The van der Waals surface area contributed by atoms with Crippen LogP contribution in [0, 0.1) is 39.8 Å². The molecule has 1 aromatic heterocycles. The molecule has 0 radical (unpaired) electrons. The molecule has 2 rings (SSSR count). The first kappa shape index (κ1) is 20.8. The Labute approximate surface area is 134 Å². The van der Waals surface area contributed by atoms with Gasteiger partial charge in [-0.2, -0.15) is 18.2 Å². The van der Waals surface area contributed by atoms with E-state index in [1.165, 1.54) is 11.1 Å². The van der Waals surface area contributed by atoms with Gasteiger partial charge in [-0.3, -0.25) is 13.6 Å². The Bertz CT molecular complexity index is 511. The van der Waals surface area contributed by atoms with Crippen LogP contribution in [0.2, 0.25) is 0 Å². The molecule has 108 valence electrons. The summed E-state index contributed by atoms with van der Waals surface area (Å²) >= 11 is 0. The predicted octanol–water partition coefficient (Wildman–Crippen LogP) is 3.23. The molecule has 0 fully saturated rings. The van der Waals surface area contributed by atoms with Crippen molar-refractivity contribution in [3.8, 4) is 11.3 Å². The van der Waals surface area contributed by atoms with Gasteiger partial charge in [0.25, 0.3) is 0 Å². The van der Waals surface area contributed by atoms with Crippen LogP contribution in [0.5, 0.6) is 0 Å². The third-order valence-corrected chi connectivity index (χ3v) is 2.76. The predicted molar refractivity (Wildman–Crippen MR) is 74.3 cm³/mol. The zero-order chi connectivity index (χ0) is 15.0. The second-order valence-corrected chi connectivity index (χ2v) is 3.95. The minimum Gasteiger partial charge on any atom is -0.587 e. The number of hydrogen-bond acceptors (Lipinski definition) is 3. The monoisotopic (exact) mass is 451 g/mol. The van der Waals surface area contributed by atoms with Crippen LogP contribution >= 0.6 is 0 Å². The molecule has 0 atom stereocenters. The molecule has 0 unspecified atom stereocenters. The second-order valence-electron chi connectivity index (χ2n) is 3.95. The molecule has 1 heterocycles. The summed E-state index contributed by atoms with van der Waals surface area (Å²) in [6, 6.07) is 10.5. The minimum absolute atomic E-state index is 0. The molecule has 0 bridgehead atoms. The largest absolute Gasteiger partial charge is 4.00 e. The van der Waals surface area contributed by atoms with E-state index in [9.17, 15) is 0 Å². The van der Waals surface area contributed by atoms with Gasteiger partial charge in [0.15, 0.2) is 0 Å². The molecule has 0 saturated heterocycles. The first-order chi connectivity index (χ1) is 9.08. The van der Waals surface area contributed by atoms with Crippen molar-refractivity contribution in [3.63, 3.8) is 0 Å². The van der Waals surface area contributed by atoms with Crippen LogP contribution in [0.4, 0.5) is 0 Å². The van der Waals surface area contributed by atoms with E-state index in [4.69, 9.17) is 14.0 Å². The van der Waals surface area contributed by atoms with Crippen LogP contribution in [-0.4, -0.2) is 13.6 Å². The fraction of sp³-hybridized carbons (Fsp3) is 0.250. The van der Waals surface area contributed by atoms with Gasteiger partial charge in [0.1, 0.15) is 0 Å². The quantitative estimate of drug-likeness (QED) is 0.494. The maximum absolute atomic E-state index is 7.75. The zero-order valence-corrected chi connectivity index (χ0v) is 14.1. The average molecular weight is 451 g/mol. The van der Waals surface area contributed by atoms with E-state index in [0.29, 0.717) is 0 Å². The molecule has 0 spiro atoms. The maximum Gasteiger partial charge on any atom is 4.00 e. The van der Waals surface area contributed by atoms with Crippen LogP contribution in [0.3, 0.4) is 0 Å². The molecule has 4 heteroatoms. The Hall–Kier alpha value is -1.47. The van der Waals surface area contributed by atoms with Crippen molar-refractivity contribution in [2.24, 2.45) is 0 Å². The van der Waals surface area contributed by atoms with Gasteiger partial charge in [0, 0.05) is 0 Å². The number of rotatable bonds is 1. The number of furan rings is 1. The maximum atomic E-state index is 7.75. The third-order valence-electron chi connectivity index (χ3n) is 2.76. The molecular weight excluding hydrogens is 435 g/mol. The van der Waals surface area contributed by atoms with Crippen molar-refractivity contribution < 1.29 is 35.1 Å². The average Bonchev–Trinajstić information content (AvgIpc) is 2.78. The Kier molecular flexibility index (Phi) is 10.8. The Morgan fingerprint density at radius 1 is 1.00 bits per heavy atom. The summed E-state index contributed by atoms with van der Waals surface area (Å²) in [4.78, 5) is 15.5. The number of hydrogen-bond donors (Lipinski definition) is 0. The van der Waals surface area contributed by atoms with Crippen LogP contribution < -0.4 is 0 Å². The molecule has 20 heavy (non-hydrogen) atoms. The summed E-state index contributed by atoms with van der Waals surface area (Å²) < 4.78 is 5.61. The second kappa shape index (κ2) is 10.3. The van der Waals surface area contributed by atoms with E-state index < -0.39 is 0 Å². The number of benzene rings is 1. The molecular formula is C16H16O3Pt. The summed E-state index contributed by atoms with van der Waals surface area (Å²) in [6.45, 7) is 14.6. The van der Waals surface area contributed by atoms with E-state index in [2.05, 4.69) is 45.6 Å². The van der Waals surface area contributed by atoms with Gasteiger partial charge in [-0.15, -0.1) is 16.7 Å². The van der Waals surface area contributed by atoms with E-state index in [1.54, 1.807) is 0 Å². The summed E-state index contributed by atoms with van der Waals surface area (Å²) in [6.07, 6.45) is 0. The van der Waals surface area contributed by atoms with Crippen molar-refractivity contribution in [2.45, 2.75) is 27.7 Å². The fourth-order valence-corrected chi connectivity index (χ4v) is 1.44. The molecule has 0 saturated carbocycles. The van der Waals surface area contributed by atoms with Crippen LogP contribution in [0.15, 0.2) is 16.5 Å². The normalized spacial score (nSPS) is 8.40. The van der Waals surface area contributed by atoms with Gasteiger partial charge in [0.05, 0.1) is 0 Å². The van der Waals surface area contributed by atoms with Crippen molar-refractivity contribution in [1.29, 1.82) is 0 Å². The van der Waals surface area contributed by atoms with E-state index in [-0.39, 0.29) is 21.1 Å². The van der Waals surface area contributed by atoms with Crippen molar-refractivity contribution >= 4 is 13.6 Å². The molecule has 0 amide bonds. The summed E-state index contributed by atoms with van der Waals surface area (Å²) in [5, 5.41) is 0. The molecule has 0 N–H and O–H groups in total. The van der Waals surface area contributed by atoms with E-state index in [1.807, 2.05) is 19.9 Å². The Morgan fingerprint density at radius 3 is 1.95 bits per heavy atom. The fourth-order valence-electron chi connectivity index (χ4n) is 1.44. The zero-order valence-electron chi connectivity index (χ0n) is 11.9. The summed E-state index contributed by atoms with van der Waals surface area (Å²) in [7, 11) is 0. The van der Waals surface area contributed by atoms with Gasteiger partial charge in [-0.1, -0.05) is 33.5 Å². The molecule has 2 aromatic rings. The minimum atomic E-state index is 0. The van der Waals surface area contributed by atoms with Gasteiger partial charge in [-0.25, -0.2) is 11.6 Å². The van der Waals surface area contributed by atoms with Gasteiger partial charge >= 0.3 is 21.1 Å². The SMILES string of the molecule is Cc1[c-]c(-c2[c-]cc(C)c(C)c2)oc1C.[CH-]=O.[CH-]=O.[Pt+4]. The van der Waals surface area contributed by atoms with Crippen LogP contribution in [0.25, 0.3) is 11.3 Å². The molecule has 3 nitrogen and oxygen atoms in total. The van der Waals surface area contributed by atoms with E-state index >= 15 is 0 Å². The topological polar surface area (TPSA) is 47.3 Å². The smallest absolute Gasteiger partial charge is 0.587 e. The Morgan fingerprint density at radius 2 is 1.55 bits per heavy atom. The molecule has 1 aromatic carbocycles. The van der Waals surface area contributed by atoms with Gasteiger partial charge in [0.2, 0.25) is 0 Å². The first-order valence-electron chi connectivity index (χ1n) is 5.53. The summed E-state index contributed by atoms with van der Waals surface area (Å²) in [5.74, 6) is 1.71. The molecule has 0 aliphatic heterocycles. The van der Waals surface area contributed by atoms with Crippen molar-refractivity contribution in [3.05, 3.63) is 46.7 Å². The van der Waals surface area contributed by atoms with Crippen molar-refractivity contribution in [1.82, 2.24) is 0 Å². The summed E-state index contributed by atoms with van der Waals surface area (Å²) in [5.41, 5.74) is 4.55. The third kappa shape index (κ3) is 5.26. The van der Waals surface area contributed by atoms with Gasteiger partial charge < -0.3 is 14.0 Å².